The van der Waals surface area contributed by atoms with Crippen LogP contribution in [0.25, 0.3) is 0 Å². The number of hydrogen-bond acceptors (Lipinski definition) is 3. The van der Waals surface area contributed by atoms with Crippen molar-refractivity contribution in [2.75, 3.05) is 0 Å². The van der Waals surface area contributed by atoms with Crippen LogP contribution in [0.3, 0.4) is 0 Å². The number of carbonyl (C=O) groups is 1. The fraction of sp³-hybridized carbons (Fsp3) is 0.413. The molecule has 0 bridgehead atoms. The van der Waals surface area contributed by atoms with Gasteiger partial charge in [-0.1, -0.05) is 141 Å². The lowest BCUT2D eigenvalue weighted by Gasteiger charge is -2.51. The molecular weight excluding hydrogens is 643 g/mol. The summed E-state index contributed by atoms with van der Waals surface area (Å²) in [7, 11) is -0.615. The first-order valence-corrected chi connectivity index (χ1v) is 20.3. The highest BCUT2D eigenvalue weighted by Crippen LogP contribution is 2.38. The third-order valence-corrected chi connectivity index (χ3v) is 13.2. The Balaban J connectivity index is 1.20. The molecule has 270 valence electrons. The fourth-order valence-electron chi connectivity index (χ4n) is 8.04. The SMILES string of the molecule is CCC(CC(C/C=C/CCC(C)C(=O)NC1CC(C)(C)N(O)C(C)(C)C1)c1ccccc1)c1ccc(P(c2ccccc2)c2ccccc2)cc1. The number of allylic oxidation sites excluding steroid dienone is 2. The van der Waals surface area contributed by atoms with Crippen LogP contribution in [0, 0.1) is 5.92 Å². The van der Waals surface area contributed by atoms with E-state index in [2.05, 4.69) is 140 Å². The molecule has 5 heteroatoms. The molecule has 4 aromatic carbocycles. The van der Waals surface area contributed by atoms with Crippen LogP contribution in [0.5, 0.6) is 0 Å². The van der Waals surface area contributed by atoms with Crippen LogP contribution >= 0.6 is 7.92 Å². The maximum absolute atomic E-state index is 13.2. The minimum Gasteiger partial charge on any atom is -0.353 e. The van der Waals surface area contributed by atoms with Crippen molar-refractivity contribution in [2.24, 2.45) is 5.92 Å². The van der Waals surface area contributed by atoms with Gasteiger partial charge >= 0.3 is 0 Å². The van der Waals surface area contributed by atoms with E-state index < -0.39 is 7.92 Å². The van der Waals surface area contributed by atoms with Crippen molar-refractivity contribution in [3.8, 4) is 0 Å². The van der Waals surface area contributed by atoms with E-state index in [1.54, 1.807) is 0 Å². The van der Waals surface area contributed by atoms with Crippen LogP contribution in [0.1, 0.15) is 109 Å². The van der Waals surface area contributed by atoms with Crippen LogP contribution in [0.15, 0.2) is 127 Å². The smallest absolute Gasteiger partial charge is 0.223 e. The molecule has 5 rings (SSSR count). The van der Waals surface area contributed by atoms with Crippen LogP contribution < -0.4 is 21.2 Å². The second-order valence-electron chi connectivity index (χ2n) is 15.8. The molecule has 1 fully saturated rings. The molecule has 2 N–H and O–H groups in total. The Hall–Kier alpha value is -3.56. The third kappa shape index (κ3) is 10.3. The van der Waals surface area contributed by atoms with Crippen LogP contribution in [0.4, 0.5) is 0 Å². The molecule has 1 amide bonds. The monoisotopic (exact) mass is 702 g/mol. The predicted octanol–water partition coefficient (Wildman–Crippen LogP) is 10.0. The zero-order chi connectivity index (χ0) is 36.4. The Labute approximate surface area is 309 Å². The molecule has 51 heavy (non-hydrogen) atoms. The number of piperidine rings is 1. The average molecular weight is 703 g/mol. The number of rotatable bonds is 15. The summed E-state index contributed by atoms with van der Waals surface area (Å²) in [5.41, 5.74) is 2.05. The number of benzene rings is 4. The third-order valence-electron chi connectivity index (χ3n) is 10.8. The minimum absolute atomic E-state index is 0.0600. The predicted molar refractivity (Wildman–Crippen MR) is 217 cm³/mol. The zero-order valence-electron chi connectivity index (χ0n) is 31.6. The van der Waals surface area contributed by atoms with Gasteiger partial charge in [0, 0.05) is 23.0 Å². The number of amides is 1. The number of carbonyl (C=O) groups excluding carboxylic acids is 1. The zero-order valence-corrected chi connectivity index (χ0v) is 32.5. The first-order valence-electron chi connectivity index (χ1n) is 19.0. The first-order chi connectivity index (χ1) is 24.5. The summed E-state index contributed by atoms with van der Waals surface area (Å²) in [6, 6.07) is 42.4. The molecule has 0 spiro atoms. The highest BCUT2D eigenvalue weighted by molar-refractivity contribution is 7.79. The van der Waals surface area contributed by atoms with E-state index in [9.17, 15) is 10.0 Å². The van der Waals surface area contributed by atoms with Crippen molar-refractivity contribution in [3.63, 3.8) is 0 Å². The van der Waals surface area contributed by atoms with Gasteiger partial charge in [0.2, 0.25) is 5.91 Å². The van der Waals surface area contributed by atoms with Gasteiger partial charge in [0.15, 0.2) is 0 Å². The number of nitrogens with one attached hydrogen (secondary N) is 1. The summed E-state index contributed by atoms with van der Waals surface area (Å²) in [6.45, 7) is 12.5. The maximum atomic E-state index is 13.2. The summed E-state index contributed by atoms with van der Waals surface area (Å²) < 4.78 is 0. The normalized spacial score (nSPS) is 18.0. The molecule has 0 aliphatic carbocycles. The lowest BCUT2D eigenvalue weighted by Crippen LogP contribution is -2.63. The Morgan fingerprint density at radius 2 is 1.25 bits per heavy atom. The Morgan fingerprint density at radius 3 is 1.78 bits per heavy atom. The second kappa shape index (κ2) is 17.8. The first kappa shape index (κ1) is 38.7. The highest BCUT2D eigenvalue weighted by Gasteiger charge is 2.45. The molecule has 1 heterocycles. The standard InChI is InChI=1S/C46H59N2O2P/c1-7-36(38-28-30-43(31-29-38)51(41-24-16-10-17-25-41)42-26-18-11-19-27-42)32-39(37-21-13-9-14-22-37)23-15-8-12-20-35(2)44(49)47-40-33-45(3,4)48(50)46(5,6)34-40/h8-11,13-19,21-22,24-31,35-36,39-40,50H,7,12,20,23,32-34H2,1-6H3,(H,47,49)/b15-8+. The molecule has 0 radical (unpaired) electrons. The van der Waals surface area contributed by atoms with Crippen molar-refractivity contribution < 1.29 is 10.0 Å². The van der Waals surface area contributed by atoms with Crippen molar-refractivity contribution in [1.82, 2.24) is 10.4 Å². The fourth-order valence-corrected chi connectivity index (χ4v) is 10.3. The van der Waals surface area contributed by atoms with Crippen molar-refractivity contribution >= 4 is 29.7 Å². The Morgan fingerprint density at radius 1 is 0.765 bits per heavy atom. The Kier molecular flexibility index (Phi) is 13.5. The molecule has 4 aromatic rings. The highest BCUT2D eigenvalue weighted by atomic mass is 31.1. The van der Waals surface area contributed by atoms with E-state index in [4.69, 9.17) is 0 Å². The van der Waals surface area contributed by atoms with E-state index in [0.717, 1.165) is 44.9 Å². The quantitative estimate of drug-likeness (QED) is 0.0958. The van der Waals surface area contributed by atoms with E-state index in [1.807, 2.05) is 34.6 Å². The number of nitrogens with zero attached hydrogens (tertiary/aromatic N) is 1. The van der Waals surface area contributed by atoms with E-state index in [0.29, 0.717) is 11.8 Å². The molecule has 1 aliphatic rings. The van der Waals surface area contributed by atoms with E-state index in [1.165, 1.54) is 32.1 Å². The van der Waals surface area contributed by atoms with Gasteiger partial charge in [0.05, 0.1) is 0 Å². The lowest BCUT2D eigenvalue weighted by atomic mass is 9.79. The summed E-state index contributed by atoms with van der Waals surface area (Å²) in [4.78, 5) is 13.2. The van der Waals surface area contributed by atoms with Gasteiger partial charge in [-0.3, -0.25) is 4.79 Å². The topological polar surface area (TPSA) is 52.6 Å². The van der Waals surface area contributed by atoms with Gasteiger partial charge in [-0.15, -0.1) is 0 Å². The van der Waals surface area contributed by atoms with E-state index >= 15 is 0 Å². The molecule has 1 saturated heterocycles. The van der Waals surface area contributed by atoms with E-state index in [-0.39, 0.29) is 28.9 Å². The molecule has 0 aromatic heterocycles. The summed E-state index contributed by atoms with van der Waals surface area (Å²) in [6.07, 6.45) is 11.0. The number of hydroxylamine groups is 2. The minimum atomic E-state index is -0.615. The molecule has 1 aliphatic heterocycles. The average Bonchev–Trinajstić information content (AvgIpc) is 3.13. The molecule has 0 saturated carbocycles. The van der Waals surface area contributed by atoms with Crippen LogP contribution in [0.2, 0.25) is 0 Å². The molecular formula is C46H59N2O2P. The van der Waals surface area contributed by atoms with Gasteiger partial charge in [0.25, 0.3) is 0 Å². The molecule has 4 nitrogen and oxygen atoms in total. The molecule has 3 unspecified atom stereocenters. The van der Waals surface area contributed by atoms with Crippen molar-refractivity contribution in [1.29, 1.82) is 0 Å². The number of hydrogen-bond donors (Lipinski definition) is 2. The van der Waals surface area contributed by atoms with Crippen LogP contribution in [-0.4, -0.2) is 33.3 Å². The Bertz CT molecular complexity index is 1610. The van der Waals surface area contributed by atoms with Gasteiger partial charge in [-0.05, 0) is 119 Å². The summed E-state index contributed by atoms with van der Waals surface area (Å²) in [5, 5.41) is 19.5. The summed E-state index contributed by atoms with van der Waals surface area (Å²) >= 11 is 0. The second-order valence-corrected chi connectivity index (χ2v) is 18.0. The van der Waals surface area contributed by atoms with Gasteiger partial charge in [0.1, 0.15) is 0 Å². The molecule has 3 atom stereocenters. The van der Waals surface area contributed by atoms with Gasteiger partial charge in [-0.25, -0.2) is 0 Å². The van der Waals surface area contributed by atoms with Crippen molar-refractivity contribution in [3.05, 3.63) is 139 Å². The van der Waals surface area contributed by atoms with Crippen LogP contribution in [-0.2, 0) is 4.79 Å². The lowest BCUT2D eigenvalue weighted by molar-refractivity contribution is -0.246. The summed E-state index contributed by atoms with van der Waals surface area (Å²) in [5.74, 6) is 0.942. The largest absolute Gasteiger partial charge is 0.353 e. The maximum Gasteiger partial charge on any atom is 0.223 e. The van der Waals surface area contributed by atoms with Gasteiger partial charge in [-0.2, -0.15) is 5.06 Å². The van der Waals surface area contributed by atoms with Gasteiger partial charge < -0.3 is 10.5 Å². The van der Waals surface area contributed by atoms with Crippen molar-refractivity contribution in [2.45, 2.75) is 115 Å².